The first-order chi connectivity index (χ1) is 9.59. The highest BCUT2D eigenvalue weighted by molar-refractivity contribution is 8.13. The van der Waals surface area contributed by atoms with Crippen LogP contribution in [0, 0.1) is 5.92 Å². The van der Waals surface area contributed by atoms with Crippen LogP contribution in [0.1, 0.15) is 13.3 Å². The number of halogens is 4. The van der Waals surface area contributed by atoms with Crippen molar-refractivity contribution in [1.29, 1.82) is 0 Å². The lowest BCUT2D eigenvalue weighted by molar-refractivity contribution is -0.274. The van der Waals surface area contributed by atoms with Gasteiger partial charge in [-0.25, -0.2) is 8.42 Å². The second kappa shape index (κ2) is 7.22. The van der Waals surface area contributed by atoms with E-state index in [1.165, 1.54) is 12.1 Å². The maximum Gasteiger partial charge on any atom is 0.573 e. The molecule has 0 radical (unpaired) electrons. The van der Waals surface area contributed by atoms with Crippen LogP contribution in [-0.4, -0.2) is 27.1 Å². The van der Waals surface area contributed by atoms with Gasteiger partial charge in [0.15, 0.2) is 0 Å². The lowest BCUT2D eigenvalue weighted by Crippen LogP contribution is -2.19. The fourth-order valence-corrected chi connectivity index (χ4v) is 2.95. The fraction of sp³-hybridized carbons (Fsp3) is 0.500. The Kier molecular flexibility index (Phi) is 6.15. The van der Waals surface area contributed by atoms with Crippen LogP contribution in [0.15, 0.2) is 24.3 Å². The maximum absolute atomic E-state index is 12.0. The number of hydrogen-bond acceptors (Lipinski definition) is 4. The van der Waals surface area contributed by atoms with Crippen LogP contribution in [0.2, 0.25) is 0 Å². The van der Waals surface area contributed by atoms with Crippen molar-refractivity contribution < 1.29 is 31.1 Å². The highest BCUT2D eigenvalue weighted by atomic mass is 35.7. The third-order valence-electron chi connectivity index (χ3n) is 2.56. The van der Waals surface area contributed by atoms with Crippen molar-refractivity contribution in [3.63, 3.8) is 0 Å². The smallest absolute Gasteiger partial charge is 0.493 e. The molecule has 0 aromatic heterocycles. The third-order valence-corrected chi connectivity index (χ3v) is 3.80. The highest BCUT2D eigenvalue weighted by Crippen LogP contribution is 2.25. The summed E-state index contributed by atoms with van der Waals surface area (Å²) in [6.45, 7) is 1.89. The molecule has 0 N–H and O–H groups in total. The Morgan fingerprint density at radius 3 is 2.14 bits per heavy atom. The molecule has 0 aliphatic rings. The van der Waals surface area contributed by atoms with Gasteiger partial charge in [0.25, 0.3) is 0 Å². The highest BCUT2D eigenvalue weighted by Gasteiger charge is 2.31. The predicted octanol–water partition coefficient (Wildman–Crippen LogP) is 3.56. The van der Waals surface area contributed by atoms with Crippen LogP contribution in [0.4, 0.5) is 13.2 Å². The van der Waals surface area contributed by atoms with Crippen molar-refractivity contribution in [2.24, 2.45) is 5.92 Å². The summed E-state index contributed by atoms with van der Waals surface area (Å²) in [6, 6.07) is 4.84. The van der Waals surface area contributed by atoms with Gasteiger partial charge in [-0.1, -0.05) is 6.92 Å². The minimum absolute atomic E-state index is 0.0991. The molecule has 1 aromatic rings. The van der Waals surface area contributed by atoms with E-state index in [9.17, 15) is 21.6 Å². The Labute approximate surface area is 125 Å². The van der Waals surface area contributed by atoms with Crippen molar-refractivity contribution in [2.75, 3.05) is 12.4 Å². The first-order valence-corrected chi connectivity index (χ1v) is 8.48. The molecule has 0 saturated heterocycles. The zero-order valence-corrected chi connectivity index (χ0v) is 12.6. The zero-order chi connectivity index (χ0) is 16.1. The summed E-state index contributed by atoms with van der Waals surface area (Å²) in [5.74, 6) is -0.556. The summed E-state index contributed by atoms with van der Waals surface area (Å²) < 4.78 is 66.9. The van der Waals surface area contributed by atoms with Crippen LogP contribution < -0.4 is 9.47 Å². The van der Waals surface area contributed by atoms with E-state index in [4.69, 9.17) is 15.4 Å². The van der Waals surface area contributed by atoms with E-state index in [0.29, 0.717) is 12.2 Å². The van der Waals surface area contributed by atoms with Gasteiger partial charge in [-0.3, -0.25) is 0 Å². The van der Waals surface area contributed by atoms with Gasteiger partial charge in [-0.2, -0.15) is 0 Å². The van der Waals surface area contributed by atoms with Crippen molar-refractivity contribution in [2.45, 2.75) is 19.7 Å². The second-order valence-electron chi connectivity index (χ2n) is 4.31. The van der Waals surface area contributed by atoms with Crippen LogP contribution in [0.5, 0.6) is 11.5 Å². The number of ether oxygens (including phenoxy) is 2. The number of benzene rings is 1. The van der Waals surface area contributed by atoms with E-state index in [2.05, 4.69) is 4.74 Å². The maximum atomic E-state index is 12.0. The summed E-state index contributed by atoms with van der Waals surface area (Å²) >= 11 is 0. The molecule has 21 heavy (non-hydrogen) atoms. The van der Waals surface area contributed by atoms with Crippen molar-refractivity contribution in [3.05, 3.63) is 24.3 Å². The zero-order valence-electron chi connectivity index (χ0n) is 11.1. The molecule has 4 nitrogen and oxygen atoms in total. The van der Waals surface area contributed by atoms with E-state index in [1.54, 1.807) is 6.92 Å². The first-order valence-electron chi connectivity index (χ1n) is 6.00. The standard InChI is InChI=1S/C12H14ClF3O4S/c1-2-9(8-21(13,17)18)7-19-10-3-5-11(6-4-10)20-12(14,15)16/h3-6,9H,2,7-8H2,1H3. The minimum atomic E-state index is -4.75. The Morgan fingerprint density at radius 1 is 1.19 bits per heavy atom. The molecular weight excluding hydrogens is 333 g/mol. The summed E-state index contributed by atoms with van der Waals surface area (Å²) in [4.78, 5) is 0. The third kappa shape index (κ3) is 8.01. The molecule has 0 bridgehead atoms. The monoisotopic (exact) mass is 346 g/mol. The van der Waals surface area contributed by atoms with E-state index < -0.39 is 15.4 Å². The quantitative estimate of drug-likeness (QED) is 0.708. The molecular formula is C12H14ClF3O4S. The van der Waals surface area contributed by atoms with E-state index in [0.717, 1.165) is 12.1 Å². The largest absolute Gasteiger partial charge is 0.573 e. The molecule has 120 valence electrons. The van der Waals surface area contributed by atoms with Crippen molar-refractivity contribution in [3.8, 4) is 11.5 Å². The summed E-state index contributed by atoms with van der Waals surface area (Å²) in [7, 11) is 1.54. The Hall–Kier alpha value is -1.15. The molecule has 0 amide bonds. The fourth-order valence-electron chi connectivity index (χ4n) is 1.52. The lowest BCUT2D eigenvalue weighted by atomic mass is 10.1. The van der Waals surface area contributed by atoms with Crippen LogP contribution in [-0.2, 0) is 9.05 Å². The average molecular weight is 347 g/mol. The van der Waals surface area contributed by atoms with Gasteiger partial charge >= 0.3 is 6.36 Å². The predicted molar refractivity (Wildman–Crippen MR) is 72.0 cm³/mol. The van der Waals surface area contributed by atoms with Crippen LogP contribution in [0.25, 0.3) is 0 Å². The average Bonchev–Trinajstić information content (AvgIpc) is 2.33. The number of rotatable bonds is 7. The molecule has 0 aliphatic heterocycles. The Morgan fingerprint density at radius 2 is 1.71 bits per heavy atom. The molecule has 1 atom stereocenters. The molecule has 9 heteroatoms. The number of hydrogen-bond donors (Lipinski definition) is 0. The normalized spacial score (nSPS) is 13.8. The summed E-state index contributed by atoms with van der Waals surface area (Å²) in [5.41, 5.74) is 0. The molecule has 1 aromatic carbocycles. The van der Waals surface area contributed by atoms with Gasteiger partial charge in [-0.15, -0.1) is 13.2 Å². The number of alkyl halides is 3. The van der Waals surface area contributed by atoms with Gasteiger partial charge in [0.1, 0.15) is 11.5 Å². The van der Waals surface area contributed by atoms with E-state index >= 15 is 0 Å². The summed E-state index contributed by atoms with van der Waals surface area (Å²) in [5, 5.41) is 0. The Bertz CT molecular complexity index is 543. The second-order valence-corrected chi connectivity index (χ2v) is 7.13. The molecule has 1 rings (SSSR count). The van der Waals surface area contributed by atoms with Gasteiger partial charge in [0.2, 0.25) is 9.05 Å². The molecule has 1 unspecified atom stereocenters. The topological polar surface area (TPSA) is 52.6 Å². The van der Waals surface area contributed by atoms with E-state index in [1.807, 2.05) is 0 Å². The molecule has 0 heterocycles. The van der Waals surface area contributed by atoms with Gasteiger partial charge in [-0.05, 0) is 30.7 Å². The molecule has 0 saturated carbocycles. The van der Waals surface area contributed by atoms with Gasteiger partial charge in [0.05, 0.1) is 12.4 Å². The minimum Gasteiger partial charge on any atom is -0.493 e. The summed E-state index contributed by atoms with van der Waals surface area (Å²) in [6.07, 6.45) is -4.20. The van der Waals surface area contributed by atoms with Crippen molar-refractivity contribution >= 4 is 19.7 Å². The first kappa shape index (κ1) is 17.9. The molecule has 0 aliphatic carbocycles. The Balaban J connectivity index is 2.55. The van der Waals surface area contributed by atoms with Crippen LogP contribution in [0.3, 0.4) is 0 Å². The lowest BCUT2D eigenvalue weighted by Gasteiger charge is -2.14. The van der Waals surface area contributed by atoms with Gasteiger partial charge in [0, 0.05) is 16.6 Å². The SMILES string of the molecule is CCC(COc1ccc(OC(F)(F)F)cc1)CS(=O)(=O)Cl. The van der Waals surface area contributed by atoms with E-state index in [-0.39, 0.29) is 24.0 Å². The molecule has 0 spiro atoms. The van der Waals surface area contributed by atoms with Crippen molar-refractivity contribution in [1.82, 2.24) is 0 Å². The van der Waals surface area contributed by atoms with Gasteiger partial charge < -0.3 is 9.47 Å². The van der Waals surface area contributed by atoms with Crippen LogP contribution >= 0.6 is 10.7 Å². The molecule has 0 fully saturated rings.